The van der Waals surface area contributed by atoms with Gasteiger partial charge in [-0.25, -0.2) is 0 Å². The lowest BCUT2D eigenvalue weighted by atomic mass is 9.46. The van der Waals surface area contributed by atoms with Crippen molar-refractivity contribution < 1.29 is 14.3 Å². The van der Waals surface area contributed by atoms with Gasteiger partial charge in [-0.3, -0.25) is 9.59 Å². The van der Waals surface area contributed by atoms with Crippen molar-refractivity contribution in [1.82, 2.24) is 0 Å². The molecule has 1 heterocycles. The average molecular weight is 399 g/mol. The summed E-state index contributed by atoms with van der Waals surface area (Å²) in [6.45, 7) is 8.79. The quantitative estimate of drug-likeness (QED) is 0.491. The molecule has 0 saturated heterocycles. The Kier molecular flexibility index (Phi) is 4.19. The molecule has 5 unspecified atom stereocenters. The normalized spacial score (nSPS) is 50.1. The predicted octanol–water partition coefficient (Wildman–Crippen LogP) is 4.90. The summed E-state index contributed by atoms with van der Waals surface area (Å²) in [4.78, 5) is 24.3. The van der Waals surface area contributed by atoms with Gasteiger partial charge in [0.15, 0.2) is 5.78 Å². The molecule has 1 aliphatic heterocycles. The van der Waals surface area contributed by atoms with E-state index in [0.29, 0.717) is 23.7 Å². The van der Waals surface area contributed by atoms with Crippen LogP contribution in [0.4, 0.5) is 0 Å². The van der Waals surface area contributed by atoms with E-state index in [1.165, 1.54) is 18.9 Å². The minimum atomic E-state index is -0.569. The third-order valence-electron chi connectivity index (χ3n) is 9.85. The third-order valence-corrected chi connectivity index (χ3v) is 9.85. The van der Waals surface area contributed by atoms with Crippen LogP contribution in [0.2, 0.25) is 0 Å². The molecule has 0 bridgehead atoms. The summed E-state index contributed by atoms with van der Waals surface area (Å²) in [5.41, 5.74) is 1.10. The van der Waals surface area contributed by atoms with Crippen LogP contribution in [0.15, 0.2) is 21.9 Å². The van der Waals surface area contributed by atoms with Gasteiger partial charge in [-0.2, -0.15) is 10.2 Å². The number of fused-ring (bicyclic) bond motifs is 7. The molecule has 0 aromatic rings. The first-order valence-corrected chi connectivity index (χ1v) is 11.5. The number of esters is 1. The molecular formula is C24H34N2O3. The van der Waals surface area contributed by atoms with Crippen LogP contribution in [0.5, 0.6) is 0 Å². The van der Waals surface area contributed by atoms with E-state index >= 15 is 0 Å². The molecule has 3 saturated carbocycles. The molecule has 158 valence electrons. The lowest BCUT2D eigenvalue weighted by Crippen LogP contribution is -2.57. The molecule has 0 aromatic carbocycles. The molecule has 4 aliphatic carbocycles. The van der Waals surface area contributed by atoms with Gasteiger partial charge in [-0.1, -0.05) is 25.5 Å². The molecule has 3 fully saturated rings. The summed E-state index contributed by atoms with van der Waals surface area (Å²) in [6.07, 6.45) is 9.92. The Labute approximate surface area is 173 Å². The standard InChI is InChI=1S/C24H34N2O3/c1-14(27)24-17(13-25-26-24)12-21-19-6-5-16-11-18(29-15(2)28)7-9-22(16,3)20(19)8-10-23(21,24)4/h5,17-21H,6-13H2,1-4H3/t17?,18?,19?,20?,21?,22-,23-,24+/m0/s1. The highest BCUT2D eigenvalue weighted by molar-refractivity contribution is 5.88. The molecule has 5 rings (SSSR count). The van der Waals surface area contributed by atoms with Crippen molar-refractivity contribution in [1.29, 1.82) is 0 Å². The fourth-order valence-electron chi connectivity index (χ4n) is 8.55. The SMILES string of the molecule is CC(=O)OC1CC[C@@]2(C)C(=CCC3C2CC[C@@]2(C)C3CC3CN=N[C@]32C(C)=O)C1. The number of carbonyl (C=O) groups excluding carboxylic acids is 2. The molecule has 0 spiro atoms. The van der Waals surface area contributed by atoms with Crippen molar-refractivity contribution in [3.63, 3.8) is 0 Å². The van der Waals surface area contributed by atoms with Gasteiger partial charge in [-0.05, 0) is 68.6 Å². The summed E-state index contributed by atoms with van der Waals surface area (Å²) in [5, 5.41) is 9.03. The maximum atomic E-state index is 12.9. The highest BCUT2D eigenvalue weighted by Crippen LogP contribution is 2.70. The molecule has 29 heavy (non-hydrogen) atoms. The monoisotopic (exact) mass is 398 g/mol. The minimum Gasteiger partial charge on any atom is -0.462 e. The number of hydrogen-bond acceptors (Lipinski definition) is 5. The van der Waals surface area contributed by atoms with Crippen LogP contribution < -0.4 is 0 Å². The van der Waals surface area contributed by atoms with Gasteiger partial charge < -0.3 is 4.74 Å². The number of hydrogen-bond donors (Lipinski definition) is 0. The summed E-state index contributed by atoms with van der Waals surface area (Å²) >= 11 is 0. The van der Waals surface area contributed by atoms with E-state index in [0.717, 1.165) is 45.1 Å². The van der Waals surface area contributed by atoms with Gasteiger partial charge in [-0.15, -0.1) is 0 Å². The molecule has 8 atom stereocenters. The maximum absolute atomic E-state index is 12.9. The van der Waals surface area contributed by atoms with Crippen LogP contribution in [-0.4, -0.2) is 29.9 Å². The first-order valence-electron chi connectivity index (χ1n) is 11.5. The zero-order chi connectivity index (χ0) is 20.6. The van der Waals surface area contributed by atoms with Crippen LogP contribution >= 0.6 is 0 Å². The molecule has 0 N–H and O–H groups in total. The van der Waals surface area contributed by atoms with E-state index in [2.05, 4.69) is 30.2 Å². The van der Waals surface area contributed by atoms with Crippen LogP contribution in [-0.2, 0) is 14.3 Å². The Morgan fingerprint density at radius 3 is 2.66 bits per heavy atom. The summed E-state index contributed by atoms with van der Waals surface area (Å²) in [5.74, 6) is 2.21. The zero-order valence-corrected chi connectivity index (χ0v) is 18.2. The number of carbonyl (C=O) groups is 2. The first kappa shape index (κ1) is 19.4. The number of ether oxygens (including phenoxy) is 1. The Hall–Kier alpha value is -1.52. The van der Waals surface area contributed by atoms with Crippen molar-refractivity contribution in [2.45, 2.75) is 84.3 Å². The van der Waals surface area contributed by atoms with Crippen molar-refractivity contribution in [2.24, 2.45) is 44.7 Å². The second-order valence-electron chi connectivity index (χ2n) is 10.9. The molecule has 0 radical (unpaired) electrons. The molecule has 0 aromatic heterocycles. The number of ketones is 1. The van der Waals surface area contributed by atoms with Crippen molar-refractivity contribution in [3.05, 3.63) is 11.6 Å². The predicted molar refractivity (Wildman–Crippen MR) is 109 cm³/mol. The lowest BCUT2D eigenvalue weighted by Gasteiger charge is -2.58. The number of azo groups is 1. The van der Waals surface area contributed by atoms with Crippen LogP contribution in [0, 0.1) is 34.5 Å². The zero-order valence-electron chi connectivity index (χ0n) is 18.2. The largest absolute Gasteiger partial charge is 0.462 e. The van der Waals surface area contributed by atoms with Crippen molar-refractivity contribution in [3.8, 4) is 0 Å². The molecule has 5 heteroatoms. The minimum absolute atomic E-state index is 0.0458. The number of allylic oxidation sites excluding steroid dienone is 1. The van der Waals surface area contributed by atoms with Gasteiger partial charge in [0, 0.05) is 24.7 Å². The van der Waals surface area contributed by atoms with Gasteiger partial charge in [0.05, 0.1) is 6.54 Å². The van der Waals surface area contributed by atoms with Gasteiger partial charge in [0.1, 0.15) is 11.6 Å². The van der Waals surface area contributed by atoms with Gasteiger partial charge >= 0.3 is 5.97 Å². The smallest absolute Gasteiger partial charge is 0.302 e. The summed E-state index contributed by atoms with van der Waals surface area (Å²) in [7, 11) is 0. The van der Waals surface area contributed by atoms with Gasteiger partial charge in [0.2, 0.25) is 0 Å². The fourth-order valence-corrected chi connectivity index (χ4v) is 8.55. The topological polar surface area (TPSA) is 68.1 Å². The average Bonchev–Trinajstić information content (AvgIpc) is 3.18. The van der Waals surface area contributed by atoms with Gasteiger partial charge in [0.25, 0.3) is 0 Å². The van der Waals surface area contributed by atoms with E-state index < -0.39 is 5.54 Å². The van der Waals surface area contributed by atoms with E-state index in [1.807, 2.05) is 0 Å². The fraction of sp³-hybridized carbons (Fsp3) is 0.833. The molecule has 5 aliphatic rings. The molecule has 0 amide bonds. The Balaban J connectivity index is 1.46. The maximum Gasteiger partial charge on any atom is 0.302 e. The Morgan fingerprint density at radius 2 is 1.93 bits per heavy atom. The van der Waals surface area contributed by atoms with E-state index in [9.17, 15) is 9.59 Å². The van der Waals surface area contributed by atoms with Crippen LogP contribution in [0.1, 0.15) is 72.6 Å². The summed E-state index contributed by atoms with van der Waals surface area (Å²) in [6, 6.07) is 0. The molecular weight excluding hydrogens is 364 g/mol. The van der Waals surface area contributed by atoms with E-state index in [4.69, 9.17) is 4.74 Å². The second kappa shape index (κ2) is 6.24. The molecule has 5 nitrogen and oxygen atoms in total. The lowest BCUT2D eigenvalue weighted by molar-refractivity contribution is -0.149. The third kappa shape index (κ3) is 2.39. The Bertz CT molecular complexity index is 819. The van der Waals surface area contributed by atoms with Crippen molar-refractivity contribution >= 4 is 11.8 Å². The number of rotatable bonds is 2. The second-order valence-corrected chi connectivity index (χ2v) is 10.9. The highest BCUT2D eigenvalue weighted by atomic mass is 16.5. The van der Waals surface area contributed by atoms with Crippen molar-refractivity contribution in [2.75, 3.05) is 6.54 Å². The summed E-state index contributed by atoms with van der Waals surface area (Å²) < 4.78 is 5.56. The Morgan fingerprint density at radius 1 is 1.14 bits per heavy atom. The van der Waals surface area contributed by atoms with Crippen LogP contribution in [0.25, 0.3) is 0 Å². The highest BCUT2D eigenvalue weighted by Gasteiger charge is 2.71. The first-order chi connectivity index (χ1) is 13.7. The number of nitrogens with zero attached hydrogens (tertiary/aromatic N) is 2. The van der Waals surface area contributed by atoms with E-state index in [1.54, 1.807) is 6.92 Å². The number of Topliss-reactive ketones (excluding diaryl/α,β-unsaturated/α-hetero) is 1. The van der Waals surface area contributed by atoms with Crippen LogP contribution in [0.3, 0.4) is 0 Å². The van der Waals surface area contributed by atoms with E-state index in [-0.39, 0.29) is 28.7 Å².